The summed E-state index contributed by atoms with van der Waals surface area (Å²) in [6, 6.07) is -0.0752. The Labute approximate surface area is 55.2 Å². The molecule has 0 radical (unpaired) electrons. The minimum Gasteiger partial charge on any atom is -0.391 e. The predicted molar refractivity (Wildman–Crippen MR) is 36.0 cm³/mol. The van der Waals surface area contributed by atoms with Gasteiger partial charge < -0.3 is 16.2 Å². The molecular weight excluding hydrogens is 116 g/mol. The van der Waals surface area contributed by atoms with E-state index in [-0.39, 0.29) is 12.1 Å². The molecule has 3 nitrogen and oxygen atoms in total. The fourth-order valence-corrected chi connectivity index (χ4v) is 1.14. The highest BCUT2D eigenvalue weighted by molar-refractivity contribution is 4.84. The standard InChI is InChI=1S/C6H14N2O/c1-4-2-8-3-5(7)6(4)9/h4-6,8-9H,2-3,7H2,1H3/t4-,5-,6-/m0/s1. The highest BCUT2D eigenvalue weighted by atomic mass is 16.3. The van der Waals surface area contributed by atoms with Gasteiger partial charge in [0.25, 0.3) is 0 Å². The molecule has 0 amide bonds. The molecule has 1 fully saturated rings. The topological polar surface area (TPSA) is 58.3 Å². The van der Waals surface area contributed by atoms with Crippen molar-refractivity contribution in [2.45, 2.75) is 19.1 Å². The summed E-state index contributed by atoms with van der Waals surface area (Å²) in [6.45, 7) is 3.62. The predicted octanol–water partition coefficient (Wildman–Crippen LogP) is -1.09. The summed E-state index contributed by atoms with van der Waals surface area (Å²) < 4.78 is 0. The number of aliphatic hydroxyl groups excluding tert-OH is 1. The number of aliphatic hydroxyl groups is 1. The van der Waals surface area contributed by atoms with E-state index < -0.39 is 0 Å². The van der Waals surface area contributed by atoms with Gasteiger partial charge in [-0.3, -0.25) is 0 Å². The molecule has 3 atom stereocenters. The number of rotatable bonds is 0. The second kappa shape index (κ2) is 2.64. The van der Waals surface area contributed by atoms with E-state index in [2.05, 4.69) is 5.32 Å². The van der Waals surface area contributed by atoms with Crippen LogP contribution in [0.4, 0.5) is 0 Å². The van der Waals surface area contributed by atoms with Crippen molar-refractivity contribution in [3.8, 4) is 0 Å². The smallest absolute Gasteiger partial charge is 0.0741 e. The second-order valence-corrected chi connectivity index (χ2v) is 2.79. The normalized spacial score (nSPS) is 45.0. The van der Waals surface area contributed by atoms with Gasteiger partial charge in [-0.2, -0.15) is 0 Å². The summed E-state index contributed by atoms with van der Waals surface area (Å²) in [6.07, 6.45) is -0.314. The van der Waals surface area contributed by atoms with E-state index >= 15 is 0 Å². The molecule has 0 unspecified atom stereocenters. The molecule has 0 bridgehead atoms. The average Bonchev–Trinajstić information content (AvgIpc) is 1.83. The minimum absolute atomic E-state index is 0.0752. The first-order chi connectivity index (χ1) is 4.22. The highest BCUT2D eigenvalue weighted by Gasteiger charge is 2.25. The van der Waals surface area contributed by atoms with Crippen LogP contribution in [-0.2, 0) is 0 Å². The Morgan fingerprint density at radius 2 is 2.22 bits per heavy atom. The fraction of sp³-hybridized carbons (Fsp3) is 1.00. The van der Waals surface area contributed by atoms with Gasteiger partial charge in [-0.15, -0.1) is 0 Å². The quantitative estimate of drug-likeness (QED) is 0.390. The molecule has 4 N–H and O–H groups in total. The molecule has 0 spiro atoms. The SMILES string of the molecule is C[C@H]1CNC[C@H](N)[C@H]1O. The van der Waals surface area contributed by atoms with Crippen LogP contribution in [0.3, 0.4) is 0 Å². The van der Waals surface area contributed by atoms with E-state index in [0.717, 1.165) is 13.1 Å². The van der Waals surface area contributed by atoms with E-state index in [0.29, 0.717) is 5.92 Å². The molecule has 1 heterocycles. The molecule has 0 aromatic heterocycles. The molecule has 1 rings (SSSR count). The van der Waals surface area contributed by atoms with Crippen LogP contribution < -0.4 is 11.1 Å². The van der Waals surface area contributed by atoms with E-state index in [9.17, 15) is 5.11 Å². The molecule has 1 saturated heterocycles. The lowest BCUT2D eigenvalue weighted by atomic mass is 9.95. The zero-order valence-electron chi connectivity index (χ0n) is 5.67. The van der Waals surface area contributed by atoms with Crippen molar-refractivity contribution in [3.05, 3.63) is 0 Å². The Morgan fingerprint density at radius 3 is 2.67 bits per heavy atom. The zero-order valence-corrected chi connectivity index (χ0v) is 5.67. The van der Waals surface area contributed by atoms with Crippen molar-refractivity contribution in [2.75, 3.05) is 13.1 Å². The summed E-state index contributed by atoms with van der Waals surface area (Å²) in [5.41, 5.74) is 5.56. The molecular formula is C6H14N2O. The molecule has 9 heavy (non-hydrogen) atoms. The van der Waals surface area contributed by atoms with Crippen LogP contribution in [0.5, 0.6) is 0 Å². The van der Waals surface area contributed by atoms with Crippen LogP contribution in [0.25, 0.3) is 0 Å². The van der Waals surface area contributed by atoms with Gasteiger partial charge in [0.2, 0.25) is 0 Å². The molecule has 3 heteroatoms. The number of nitrogens with one attached hydrogen (secondary N) is 1. The van der Waals surface area contributed by atoms with Gasteiger partial charge >= 0.3 is 0 Å². The number of hydrogen-bond acceptors (Lipinski definition) is 3. The van der Waals surface area contributed by atoms with Crippen LogP contribution in [-0.4, -0.2) is 30.3 Å². The Kier molecular flexibility index (Phi) is 2.05. The Morgan fingerprint density at radius 1 is 1.56 bits per heavy atom. The largest absolute Gasteiger partial charge is 0.391 e. The Hall–Kier alpha value is -0.120. The third kappa shape index (κ3) is 1.41. The van der Waals surface area contributed by atoms with Gasteiger partial charge in [0.05, 0.1) is 6.10 Å². The average molecular weight is 130 g/mol. The monoisotopic (exact) mass is 130 g/mol. The molecule has 0 saturated carbocycles. The van der Waals surface area contributed by atoms with Crippen LogP contribution in [0, 0.1) is 5.92 Å². The maximum atomic E-state index is 9.28. The number of nitrogens with two attached hydrogens (primary N) is 1. The summed E-state index contributed by atoms with van der Waals surface area (Å²) in [5.74, 6) is 0.300. The minimum atomic E-state index is -0.314. The molecule has 1 aliphatic heterocycles. The fourth-order valence-electron chi connectivity index (χ4n) is 1.14. The lowest BCUT2D eigenvalue weighted by molar-refractivity contribution is 0.0694. The third-order valence-corrected chi connectivity index (χ3v) is 1.87. The van der Waals surface area contributed by atoms with Gasteiger partial charge in [-0.05, 0) is 5.92 Å². The Balaban J connectivity index is 2.41. The van der Waals surface area contributed by atoms with Gasteiger partial charge in [0.15, 0.2) is 0 Å². The van der Waals surface area contributed by atoms with E-state index in [1.807, 2.05) is 6.92 Å². The van der Waals surface area contributed by atoms with Crippen molar-refractivity contribution in [3.63, 3.8) is 0 Å². The molecule has 0 aromatic rings. The maximum Gasteiger partial charge on any atom is 0.0741 e. The first kappa shape index (κ1) is 6.99. The van der Waals surface area contributed by atoms with E-state index in [1.54, 1.807) is 0 Å². The highest BCUT2D eigenvalue weighted by Crippen LogP contribution is 2.08. The maximum absolute atomic E-state index is 9.28. The summed E-state index contributed by atoms with van der Waals surface area (Å²) >= 11 is 0. The van der Waals surface area contributed by atoms with Crippen molar-refractivity contribution in [1.82, 2.24) is 5.32 Å². The van der Waals surface area contributed by atoms with Gasteiger partial charge in [0.1, 0.15) is 0 Å². The first-order valence-electron chi connectivity index (χ1n) is 3.36. The van der Waals surface area contributed by atoms with Gasteiger partial charge in [-0.1, -0.05) is 6.92 Å². The van der Waals surface area contributed by atoms with E-state index in [4.69, 9.17) is 5.73 Å². The first-order valence-corrected chi connectivity index (χ1v) is 3.36. The van der Waals surface area contributed by atoms with Crippen LogP contribution >= 0.6 is 0 Å². The molecule has 1 aliphatic rings. The van der Waals surface area contributed by atoms with Gasteiger partial charge in [0, 0.05) is 19.1 Å². The third-order valence-electron chi connectivity index (χ3n) is 1.87. The lowest BCUT2D eigenvalue weighted by Crippen LogP contribution is -2.53. The number of hydrogen-bond donors (Lipinski definition) is 3. The molecule has 54 valence electrons. The van der Waals surface area contributed by atoms with E-state index in [1.165, 1.54) is 0 Å². The van der Waals surface area contributed by atoms with Crippen molar-refractivity contribution >= 4 is 0 Å². The van der Waals surface area contributed by atoms with Crippen molar-refractivity contribution < 1.29 is 5.11 Å². The van der Waals surface area contributed by atoms with Crippen molar-refractivity contribution in [1.29, 1.82) is 0 Å². The second-order valence-electron chi connectivity index (χ2n) is 2.79. The summed E-state index contributed by atoms with van der Waals surface area (Å²) in [7, 11) is 0. The summed E-state index contributed by atoms with van der Waals surface area (Å²) in [4.78, 5) is 0. The van der Waals surface area contributed by atoms with Crippen LogP contribution in [0.15, 0.2) is 0 Å². The lowest BCUT2D eigenvalue weighted by Gasteiger charge is -2.30. The molecule has 0 aromatic carbocycles. The molecule has 0 aliphatic carbocycles. The number of piperidine rings is 1. The zero-order chi connectivity index (χ0) is 6.85. The Bertz CT molecular complexity index is 87.1. The summed E-state index contributed by atoms with van der Waals surface area (Å²) in [5, 5.41) is 12.4. The van der Waals surface area contributed by atoms with Crippen molar-refractivity contribution in [2.24, 2.45) is 11.7 Å². The van der Waals surface area contributed by atoms with Crippen LogP contribution in [0.1, 0.15) is 6.92 Å². The van der Waals surface area contributed by atoms with Gasteiger partial charge in [-0.25, -0.2) is 0 Å². The van der Waals surface area contributed by atoms with Crippen LogP contribution in [0.2, 0.25) is 0 Å².